The van der Waals surface area contributed by atoms with E-state index in [1.807, 2.05) is 92.7 Å². The minimum absolute atomic E-state index is 0.264. The van der Waals surface area contributed by atoms with Gasteiger partial charge in [-0.05, 0) is 72.5 Å². The number of nitrogens with zero attached hydrogens (tertiary/aromatic N) is 1. The van der Waals surface area contributed by atoms with Gasteiger partial charge in [-0.25, -0.2) is 4.99 Å². The topological polar surface area (TPSA) is 106 Å². The summed E-state index contributed by atoms with van der Waals surface area (Å²) in [4.78, 5) is 30.8. The first-order chi connectivity index (χ1) is 19.4. The van der Waals surface area contributed by atoms with Gasteiger partial charge in [-0.1, -0.05) is 66.7 Å². The lowest BCUT2D eigenvalue weighted by atomic mass is 10.0. The van der Waals surface area contributed by atoms with Crippen LogP contribution in [-0.2, 0) is 11.3 Å². The fourth-order valence-electron chi connectivity index (χ4n) is 4.04. The van der Waals surface area contributed by atoms with Gasteiger partial charge in [0.1, 0.15) is 11.4 Å². The second kappa shape index (κ2) is 13.1. The standard InChI is InChI=1S/C33H32N4O3/c1-22(25-17-19-28(40-3)20-18-25)31(36-23(2)26-9-5-4-6-10-26)33(39)35-21-24-13-15-27(16-14-24)32(38)37-30-12-8-7-11-29(30)34/h4-20H,21,34H2,1-3H3,(H,35,39)(H,37,38). The Balaban J connectivity index is 1.52. The maximum Gasteiger partial charge on any atom is 0.270 e. The number of carbonyl (C=O) groups excluding carboxylic acids is 2. The summed E-state index contributed by atoms with van der Waals surface area (Å²) in [6.07, 6.45) is 0. The van der Waals surface area contributed by atoms with Crippen molar-refractivity contribution in [3.63, 3.8) is 0 Å². The van der Waals surface area contributed by atoms with Gasteiger partial charge < -0.3 is 21.1 Å². The number of carbonyl (C=O) groups is 2. The number of rotatable bonds is 9. The van der Waals surface area contributed by atoms with Crippen LogP contribution in [0.3, 0.4) is 0 Å². The molecule has 4 rings (SSSR count). The van der Waals surface area contributed by atoms with Crippen LogP contribution in [0, 0.1) is 0 Å². The average Bonchev–Trinajstić information content (AvgIpc) is 3.00. The molecule has 0 unspecified atom stereocenters. The molecule has 7 heteroatoms. The highest BCUT2D eigenvalue weighted by Crippen LogP contribution is 2.23. The number of aliphatic imine (C=N–C) groups is 1. The Kier molecular flexibility index (Phi) is 9.10. The third kappa shape index (κ3) is 7.02. The molecule has 2 amide bonds. The van der Waals surface area contributed by atoms with Crippen LogP contribution in [0.1, 0.15) is 40.9 Å². The van der Waals surface area contributed by atoms with E-state index in [0.717, 1.165) is 33.7 Å². The van der Waals surface area contributed by atoms with Gasteiger partial charge in [-0.3, -0.25) is 9.59 Å². The zero-order chi connectivity index (χ0) is 28.5. The summed E-state index contributed by atoms with van der Waals surface area (Å²) in [6.45, 7) is 4.04. The zero-order valence-electron chi connectivity index (χ0n) is 22.8. The normalized spacial score (nSPS) is 11.8. The van der Waals surface area contributed by atoms with Crippen LogP contribution in [-0.4, -0.2) is 24.6 Å². The molecule has 4 aromatic rings. The molecule has 0 aromatic heterocycles. The summed E-state index contributed by atoms with van der Waals surface area (Å²) >= 11 is 0. The number of methoxy groups -OCH3 is 1. The molecule has 202 valence electrons. The van der Waals surface area contributed by atoms with Crippen molar-refractivity contribution in [3.8, 4) is 5.75 Å². The average molecular weight is 533 g/mol. The van der Waals surface area contributed by atoms with Crippen molar-refractivity contribution in [1.82, 2.24) is 5.32 Å². The van der Waals surface area contributed by atoms with Crippen LogP contribution in [0.4, 0.5) is 11.4 Å². The largest absolute Gasteiger partial charge is 0.497 e. The molecule has 0 saturated heterocycles. The number of hydrogen-bond acceptors (Lipinski definition) is 5. The molecule has 0 saturated carbocycles. The van der Waals surface area contributed by atoms with E-state index in [-0.39, 0.29) is 18.4 Å². The summed E-state index contributed by atoms with van der Waals surface area (Å²) in [5, 5.41) is 5.79. The monoisotopic (exact) mass is 532 g/mol. The minimum Gasteiger partial charge on any atom is -0.497 e. The highest BCUT2D eigenvalue weighted by atomic mass is 16.5. The van der Waals surface area contributed by atoms with Crippen LogP contribution in [0.25, 0.3) is 5.57 Å². The number of para-hydroxylation sites is 2. The van der Waals surface area contributed by atoms with Gasteiger partial charge in [0.05, 0.1) is 18.5 Å². The quantitative estimate of drug-likeness (QED) is 0.138. The Bertz CT molecular complexity index is 1540. The van der Waals surface area contributed by atoms with Gasteiger partial charge in [0.25, 0.3) is 11.8 Å². The van der Waals surface area contributed by atoms with Gasteiger partial charge >= 0.3 is 0 Å². The van der Waals surface area contributed by atoms with Crippen LogP contribution >= 0.6 is 0 Å². The van der Waals surface area contributed by atoms with Crippen molar-refractivity contribution >= 4 is 34.5 Å². The van der Waals surface area contributed by atoms with Crippen LogP contribution in [0.2, 0.25) is 0 Å². The molecule has 0 aliphatic heterocycles. The molecule has 4 N–H and O–H groups in total. The molecule has 4 aromatic carbocycles. The molecule has 40 heavy (non-hydrogen) atoms. The number of nitrogens with two attached hydrogens (primary N) is 1. The van der Waals surface area contributed by atoms with E-state index in [2.05, 4.69) is 10.6 Å². The second-order valence-electron chi connectivity index (χ2n) is 9.19. The third-order valence-electron chi connectivity index (χ3n) is 6.44. The predicted octanol–water partition coefficient (Wildman–Crippen LogP) is 6.09. The fraction of sp³-hybridized carbons (Fsp3) is 0.121. The first-order valence-corrected chi connectivity index (χ1v) is 12.8. The van der Waals surface area contributed by atoms with Crippen molar-refractivity contribution in [1.29, 1.82) is 0 Å². The van der Waals surface area contributed by atoms with Crippen LogP contribution in [0.15, 0.2) is 114 Å². The van der Waals surface area contributed by atoms with Crippen molar-refractivity contribution in [2.45, 2.75) is 20.4 Å². The lowest BCUT2D eigenvalue weighted by Gasteiger charge is -2.12. The Morgan fingerprint density at radius 3 is 2.05 bits per heavy atom. The number of amides is 2. The third-order valence-corrected chi connectivity index (χ3v) is 6.44. The van der Waals surface area contributed by atoms with Crippen molar-refractivity contribution in [2.24, 2.45) is 4.99 Å². The van der Waals surface area contributed by atoms with E-state index in [0.29, 0.717) is 22.6 Å². The zero-order valence-corrected chi connectivity index (χ0v) is 22.8. The molecule has 0 heterocycles. The van der Waals surface area contributed by atoms with Gasteiger partial charge in [0.15, 0.2) is 0 Å². The maximum absolute atomic E-state index is 13.5. The maximum atomic E-state index is 13.5. The van der Waals surface area contributed by atoms with Crippen molar-refractivity contribution < 1.29 is 14.3 Å². The van der Waals surface area contributed by atoms with E-state index in [1.165, 1.54) is 0 Å². The molecule has 0 fully saturated rings. The Labute approximate surface area is 234 Å². The van der Waals surface area contributed by atoms with E-state index >= 15 is 0 Å². The number of nitrogens with one attached hydrogen (secondary N) is 2. The SMILES string of the molecule is COc1ccc(C(C)=C(N=C(C)c2ccccc2)C(=O)NCc2ccc(C(=O)Nc3ccccc3N)cc2)cc1. The van der Waals surface area contributed by atoms with Crippen LogP contribution < -0.4 is 21.1 Å². The smallest absolute Gasteiger partial charge is 0.270 e. The van der Waals surface area contributed by atoms with Crippen molar-refractivity contribution in [3.05, 3.63) is 131 Å². The number of allylic oxidation sites excluding steroid dienone is 1. The molecule has 0 aliphatic carbocycles. The summed E-state index contributed by atoms with van der Waals surface area (Å²) in [6, 6.07) is 31.4. The van der Waals surface area contributed by atoms with E-state index in [1.54, 1.807) is 31.4 Å². The first-order valence-electron chi connectivity index (χ1n) is 12.8. The summed E-state index contributed by atoms with van der Waals surface area (Å²) in [7, 11) is 1.61. The van der Waals surface area contributed by atoms with Gasteiger partial charge in [0.2, 0.25) is 0 Å². The number of ether oxygens (including phenoxy) is 1. The number of anilines is 2. The highest BCUT2D eigenvalue weighted by molar-refractivity contribution is 6.07. The molecule has 0 spiro atoms. The summed E-state index contributed by atoms with van der Waals surface area (Å²) < 4.78 is 5.27. The Morgan fingerprint density at radius 2 is 1.40 bits per heavy atom. The van der Waals surface area contributed by atoms with Crippen LogP contribution in [0.5, 0.6) is 5.75 Å². The van der Waals surface area contributed by atoms with Gasteiger partial charge in [-0.2, -0.15) is 0 Å². The number of hydrogen-bond donors (Lipinski definition) is 3. The summed E-state index contributed by atoms with van der Waals surface area (Å²) in [5.41, 5.74) is 11.9. The number of nitrogen functional groups attached to an aromatic ring is 1. The van der Waals surface area contributed by atoms with Gasteiger partial charge in [0, 0.05) is 17.8 Å². The molecule has 0 radical (unpaired) electrons. The molecule has 7 nitrogen and oxygen atoms in total. The molecular weight excluding hydrogens is 500 g/mol. The lowest BCUT2D eigenvalue weighted by Crippen LogP contribution is -2.25. The van der Waals surface area contributed by atoms with E-state index in [4.69, 9.17) is 15.5 Å². The fourth-order valence-corrected chi connectivity index (χ4v) is 4.04. The van der Waals surface area contributed by atoms with Gasteiger partial charge in [-0.15, -0.1) is 0 Å². The summed E-state index contributed by atoms with van der Waals surface area (Å²) in [5.74, 6) is 0.167. The number of benzene rings is 4. The molecular formula is C33H32N4O3. The highest BCUT2D eigenvalue weighted by Gasteiger charge is 2.15. The van der Waals surface area contributed by atoms with E-state index < -0.39 is 0 Å². The first kappa shape index (κ1) is 27.9. The Morgan fingerprint density at radius 1 is 0.775 bits per heavy atom. The second-order valence-corrected chi connectivity index (χ2v) is 9.19. The predicted molar refractivity (Wildman–Crippen MR) is 161 cm³/mol. The molecule has 0 aliphatic rings. The molecule has 0 bridgehead atoms. The van der Waals surface area contributed by atoms with Crippen molar-refractivity contribution in [2.75, 3.05) is 18.2 Å². The minimum atomic E-state index is -0.301. The van der Waals surface area contributed by atoms with E-state index in [9.17, 15) is 9.59 Å². The lowest BCUT2D eigenvalue weighted by molar-refractivity contribution is -0.117. The Hall–Kier alpha value is -5.17. The molecule has 0 atom stereocenters.